The summed E-state index contributed by atoms with van der Waals surface area (Å²) in [6.07, 6.45) is 0.698. The number of carbonyl (C=O) groups excluding carboxylic acids is 1. The Hall–Kier alpha value is -1.84. The molecule has 0 aliphatic heterocycles. The molecule has 9 heteroatoms. The molecular weight excluding hydrogens is 434 g/mol. The molecule has 2 heterocycles. The third-order valence-electron chi connectivity index (χ3n) is 4.67. The van der Waals surface area contributed by atoms with Crippen molar-refractivity contribution in [2.24, 2.45) is 0 Å². The number of thioether (sulfide) groups is 2. The quantitative estimate of drug-likeness (QED) is 0.425. The van der Waals surface area contributed by atoms with Gasteiger partial charge in [-0.15, -0.1) is 33.3 Å². The molecule has 0 radical (unpaired) electrons. The molecule has 6 nitrogen and oxygen atoms in total. The van der Waals surface area contributed by atoms with Crippen molar-refractivity contribution in [1.82, 2.24) is 19.7 Å². The first-order chi connectivity index (χ1) is 14.4. The molecule has 3 rings (SSSR count). The van der Waals surface area contributed by atoms with Gasteiger partial charge in [-0.2, -0.15) is 0 Å². The first kappa shape index (κ1) is 22.8. The molecule has 1 aromatic carbocycles. The van der Waals surface area contributed by atoms with Crippen molar-refractivity contribution in [3.8, 4) is 0 Å². The van der Waals surface area contributed by atoms with E-state index < -0.39 is 0 Å². The number of amides is 1. The molecule has 3 aromatic rings. The van der Waals surface area contributed by atoms with E-state index in [1.807, 2.05) is 20.8 Å². The molecule has 1 N–H and O–H groups in total. The Morgan fingerprint density at radius 3 is 2.50 bits per heavy atom. The van der Waals surface area contributed by atoms with Gasteiger partial charge in [0.25, 0.3) is 0 Å². The van der Waals surface area contributed by atoms with Gasteiger partial charge in [-0.1, -0.05) is 36.4 Å². The summed E-state index contributed by atoms with van der Waals surface area (Å²) in [5.74, 6) is 1.62. The van der Waals surface area contributed by atoms with Crippen molar-refractivity contribution < 1.29 is 4.79 Å². The predicted molar refractivity (Wildman–Crippen MR) is 127 cm³/mol. The topological polar surface area (TPSA) is 72.7 Å². The van der Waals surface area contributed by atoms with Gasteiger partial charge in [0.05, 0.1) is 16.7 Å². The fourth-order valence-corrected chi connectivity index (χ4v) is 5.47. The number of hydrogen-bond donors (Lipinski definition) is 1. The van der Waals surface area contributed by atoms with Crippen molar-refractivity contribution in [1.29, 1.82) is 0 Å². The molecule has 1 atom stereocenters. The van der Waals surface area contributed by atoms with E-state index in [2.05, 4.69) is 63.2 Å². The van der Waals surface area contributed by atoms with E-state index in [0.29, 0.717) is 11.6 Å². The lowest BCUT2D eigenvalue weighted by Gasteiger charge is -2.14. The third-order valence-corrected chi connectivity index (χ3v) is 8.01. The van der Waals surface area contributed by atoms with Crippen LogP contribution in [-0.2, 0) is 17.1 Å². The van der Waals surface area contributed by atoms with Gasteiger partial charge in [0, 0.05) is 16.3 Å². The minimum absolute atomic E-state index is 0.0440. The van der Waals surface area contributed by atoms with Crippen LogP contribution in [0.1, 0.15) is 42.2 Å². The second kappa shape index (κ2) is 10.5. The zero-order valence-corrected chi connectivity index (χ0v) is 20.4. The minimum Gasteiger partial charge on any atom is -0.306 e. The van der Waals surface area contributed by atoms with Crippen molar-refractivity contribution in [3.63, 3.8) is 0 Å². The molecule has 0 aliphatic rings. The van der Waals surface area contributed by atoms with Crippen molar-refractivity contribution in [3.05, 3.63) is 46.2 Å². The highest BCUT2D eigenvalue weighted by atomic mass is 32.2. The Balaban J connectivity index is 1.66. The maximum atomic E-state index is 12.8. The number of thiazole rings is 1. The van der Waals surface area contributed by atoms with E-state index in [1.165, 1.54) is 33.6 Å². The van der Waals surface area contributed by atoms with E-state index >= 15 is 0 Å². The van der Waals surface area contributed by atoms with Crippen molar-refractivity contribution in [2.45, 2.75) is 68.6 Å². The summed E-state index contributed by atoms with van der Waals surface area (Å²) in [7, 11) is 0. The number of benzene rings is 1. The summed E-state index contributed by atoms with van der Waals surface area (Å²) in [6.45, 7) is 10.9. The van der Waals surface area contributed by atoms with Crippen LogP contribution in [0.4, 0.5) is 5.13 Å². The van der Waals surface area contributed by atoms with Crippen LogP contribution in [0.2, 0.25) is 0 Å². The Morgan fingerprint density at radius 2 is 1.90 bits per heavy atom. The van der Waals surface area contributed by atoms with Gasteiger partial charge in [0.1, 0.15) is 5.82 Å². The van der Waals surface area contributed by atoms with E-state index in [0.717, 1.165) is 33.8 Å². The van der Waals surface area contributed by atoms with Crippen LogP contribution < -0.4 is 5.32 Å². The van der Waals surface area contributed by atoms with Crippen LogP contribution in [0.3, 0.4) is 0 Å². The summed E-state index contributed by atoms with van der Waals surface area (Å²) >= 11 is 4.72. The van der Waals surface area contributed by atoms with Crippen LogP contribution in [-0.4, -0.2) is 30.9 Å². The van der Waals surface area contributed by atoms with Crippen LogP contribution in [0.25, 0.3) is 0 Å². The lowest BCUT2D eigenvalue weighted by molar-refractivity contribution is -0.115. The monoisotopic (exact) mass is 461 g/mol. The Morgan fingerprint density at radius 1 is 1.17 bits per heavy atom. The maximum Gasteiger partial charge on any atom is 0.239 e. The van der Waals surface area contributed by atoms with E-state index in [4.69, 9.17) is 0 Å². The minimum atomic E-state index is -0.249. The molecular formula is C21H27N5OS3. The van der Waals surface area contributed by atoms with Gasteiger partial charge in [0.15, 0.2) is 10.3 Å². The van der Waals surface area contributed by atoms with Crippen LogP contribution in [0.15, 0.2) is 34.3 Å². The summed E-state index contributed by atoms with van der Waals surface area (Å²) in [5.41, 5.74) is 2.21. The molecule has 1 amide bonds. The SMILES string of the molecule is CCC(Sc1nnc(CSc2ccc(C)cc2)n1CC)C(=O)Nc1nc(C)c(C)s1. The van der Waals surface area contributed by atoms with Gasteiger partial charge in [0.2, 0.25) is 5.91 Å². The van der Waals surface area contributed by atoms with Gasteiger partial charge in [-0.3, -0.25) is 4.79 Å². The second-order valence-electron chi connectivity index (χ2n) is 6.91. The van der Waals surface area contributed by atoms with Gasteiger partial charge < -0.3 is 9.88 Å². The average Bonchev–Trinajstić information content (AvgIpc) is 3.26. The lowest BCUT2D eigenvalue weighted by Crippen LogP contribution is -2.25. The largest absolute Gasteiger partial charge is 0.306 e. The predicted octanol–water partition coefficient (Wildman–Crippen LogP) is 5.48. The molecule has 0 bridgehead atoms. The smallest absolute Gasteiger partial charge is 0.239 e. The Kier molecular flexibility index (Phi) is 7.96. The highest BCUT2D eigenvalue weighted by Gasteiger charge is 2.23. The van der Waals surface area contributed by atoms with Crippen LogP contribution in [0, 0.1) is 20.8 Å². The first-order valence-electron chi connectivity index (χ1n) is 9.94. The molecule has 0 saturated heterocycles. The standard InChI is InChI=1S/C21H27N5OS3/c1-6-17(19(27)23-20-22-14(4)15(5)29-20)30-21-25-24-18(26(21)7-2)12-28-16-10-8-13(3)9-11-16/h8-11,17H,6-7,12H2,1-5H3,(H,22,23,27). The number of nitrogens with zero attached hydrogens (tertiary/aromatic N) is 4. The number of aryl methyl sites for hydroxylation is 3. The first-order valence-corrected chi connectivity index (χ1v) is 12.6. The molecule has 2 aromatic heterocycles. The molecule has 30 heavy (non-hydrogen) atoms. The third kappa shape index (κ3) is 5.65. The highest BCUT2D eigenvalue weighted by Crippen LogP contribution is 2.29. The summed E-state index contributed by atoms with van der Waals surface area (Å²) in [4.78, 5) is 19.5. The zero-order chi connectivity index (χ0) is 21.7. The van der Waals surface area contributed by atoms with Gasteiger partial charge >= 0.3 is 0 Å². The summed E-state index contributed by atoms with van der Waals surface area (Å²) in [6, 6.07) is 8.48. The van der Waals surface area contributed by atoms with Gasteiger partial charge in [-0.05, 0) is 46.2 Å². The molecule has 160 valence electrons. The normalized spacial score (nSPS) is 12.2. The maximum absolute atomic E-state index is 12.8. The molecule has 1 unspecified atom stereocenters. The summed E-state index contributed by atoms with van der Waals surface area (Å²) < 4.78 is 2.10. The van der Waals surface area contributed by atoms with Crippen molar-refractivity contribution in [2.75, 3.05) is 5.32 Å². The van der Waals surface area contributed by atoms with Crippen molar-refractivity contribution >= 4 is 45.9 Å². The molecule has 0 aliphatic carbocycles. The number of carbonyl (C=O) groups is 1. The number of hydrogen-bond acceptors (Lipinski definition) is 7. The lowest BCUT2D eigenvalue weighted by atomic mass is 10.2. The zero-order valence-electron chi connectivity index (χ0n) is 17.9. The van der Waals surface area contributed by atoms with Gasteiger partial charge in [-0.25, -0.2) is 4.98 Å². The molecule has 0 saturated carbocycles. The van der Waals surface area contributed by atoms with E-state index in [1.54, 1.807) is 11.8 Å². The summed E-state index contributed by atoms with van der Waals surface area (Å²) in [5, 5.41) is 12.9. The number of anilines is 1. The molecule has 0 fully saturated rings. The Labute approximate surface area is 190 Å². The fraction of sp³-hybridized carbons (Fsp3) is 0.429. The number of nitrogens with one attached hydrogen (secondary N) is 1. The highest BCUT2D eigenvalue weighted by molar-refractivity contribution is 8.00. The Bertz CT molecular complexity index is 977. The van der Waals surface area contributed by atoms with E-state index in [-0.39, 0.29) is 11.2 Å². The fourth-order valence-electron chi connectivity index (χ4n) is 2.77. The molecule has 0 spiro atoms. The number of rotatable bonds is 9. The van der Waals surface area contributed by atoms with E-state index in [9.17, 15) is 4.79 Å². The number of aromatic nitrogens is 4. The van der Waals surface area contributed by atoms with Crippen LogP contribution >= 0.6 is 34.9 Å². The second-order valence-corrected chi connectivity index (χ2v) is 10.3. The average molecular weight is 462 g/mol. The van der Waals surface area contributed by atoms with Crippen LogP contribution in [0.5, 0.6) is 0 Å².